The molecule has 2 aromatic rings. The number of halogens is 1. The van der Waals surface area contributed by atoms with Gasteiger partial charge >= 0.3 is 12.2 Å². The lowest BCUT2D eigenvalue weighted by molar-refractivity contribution is 0.168. The van der Waals surface area contributed by atoms with Gasteiger partial charge in [-0.05, 0) is 24.3 Å². The lowest BCUT2D eigenvalue weighted by Gasteiger charge is -2.35. The number of hydrogen-bond donors (Lipinski definition) is 2. The number of amides is 2. The monoisotopic (exact) mass is 374 g/mol. The molecule has 2 heterocycles. The van der Waals surface area contributed by atoms with Crippen molar-refractivity contribution in [1.82, 2.24) is 10.6 Å². The number of ether oxygens (including phenoxy) is 2. The maximum absolute atomic E-state index is 11.9. The first-order valence-electron chi connectivity index (χ1n) is 6.97. The van der Waals surface area contributed by atoms with E-state index in [0.717, 1.165) is 15.6 Å². The summed E-state index contributed by atoms with van der Waals surface area (Å²) in [6.07, 6.45) is -1.10. The van der Waals surface area contributed by atoms with Gasteiger partial charge < -0.3 is 20.1 Å². The van der Waals surface area contributed by atoms with Gasteiger partial charge in [-0.25, -0.2) is 9.59 Å². The average molecular weight is 375 g/mol. The maximum atomic E-state index is 11.9. The summed E-state index contributed by atoms with van der Waals surface area (Å²) in [6, 6.07) is 11.7. The standard InChI is InChI=1S/C16H11BrN2O4/c17-8-5-6-12-10(7-8)14(19-16(21)23-12)13-9-3-1-2-4-11(9)22-15(20)18-13/h1-7,13-14H,(H,18,20)(H,19,21)/t13-,14+/m1/s1. The highest BCUT2D eigenvalue weighted by Gasteiger charge is 2.38. The van der Waals surface area contributed by atoms with E-state index in [1.165, 1.54) is 0 Å². The Balaban J connectivity index is 1.84. The summed E-state index contributed by atoms with van der Waals surface area (Å²) < 4.78 is 11.3. The van der Waals surface area contributed by atoms with Crippen LogP contribution in [0.4, 0.5) is 9.59 Å². The Morgan fingerprint density at radius 2 is 1.43 bits per heavy atom. The Labute approximate surface area is 139 Å². The lowest BCUT2D eigenvalue weighted by atomic mass is 9.91. The molecule has 2 N–H and O–H groups in total. The normalized spacial score (nSPS) is 22.0. The van der Waals surface area contributed by atoms with E-state index in [4.69, 9.17) is 9.47 Å². The summed E-state index contributed by atoms with van der Waals surface area (Å²) in [7, 11) is 0. The highest BCUT2D eigenvalue weighted by atomic mass is 79.9. The number of nitrogens with one attached hydrogen (secondary N) is 2. The van der Waals surface area contributed by atoms with Gasteiger partial charge in [-0.1, -0.05) is 34.1 Å². The van der Waals surface area contributed by atoms with Crippen LogP contribution in [0, 0.1) is 0 Å². The van der Waals surface area contributed by atoms with Crippen molar-refractivity contribution in [3.05, 3.63) is 58.1 Å². The largest absolute Gasteiger partial charge is 0.413 e. The molecule has 2 aromatic carbocycles. The SMILES string of the molecule is O=C1N[C@@H]([C@H]2NC(=O)Oc3ccc(Br)cc32)c2ccccc2O1. The number of benzene rings is 2. The van der Waals surface area contributed by atoms with Crippen molar-refractivity contribution < 1.29 is 19.1 Å². The number of hydrogen-bond acceptors (Lipinski definition) is 4. The van der Waals surface area contributed by atoms with Crippen LogP contribution in [0.2, 0.25) is 0 Å². The Bertz CT molecular complexity index is 823. The molecule has 0 saturated heterocycles. The number of rotatable bonds is 1. The van der Waals surface area contributed by atoms with Gasteiger partial charge in [-0.15, -0.1) is 0 Å². The topological polar surface area (TPSA) is 76.7 Å². The van der Waals surface area contributed by atoms with Crippen LogP contribution in [0.1, 0.15) is 23.2 Å². The van der Waals surface area contributed by atoms with Crippen molar-refractivity contribution in [2.45, 2.75) is 12.1 Å². The number of carbonyl (C=O) groups excluding carboxylic acids is 2. The summed E-state index contributed by atoms with van der Waals surface area (Å²) >= 11 is 3.42. The van der Waals surface area contributed by atoms with Crippen LogP contribution in [0.25, 0.3) is 0 Å². The molecule has 116 valence electrons. The third-order valence-electron chi connectivity index (χ3n) is 3.85. The van der Waals surface area contributed by atoms with E-state index in [1.54, 1.807) is 24.3 Å². The third kappa shape index (κ3) is 2.43. The fourth-order valence-electron chi connectivity index (χ4n) is 2.88. The first-order chi connectivity index (χ1) is 11.1. The predicted octanol–water partition coefficient (Wildman–Crippen LogP) is 3.44. The van der Waals surface area contributed by atoms with Crippen molar-refractivity contribution in [1.29, 1.82) is 0 Å². The lowest BCUT2D eigenvalue weighted by Crippen LogP contribution is -2.47. The van der Waals surface area contributed by atoms with Crippen LogP contribution >= 0.6 is 15.9 Å². The maximum Gasteiger partial charge on any atom is 0.413 e. The van der Waals surface area contributed by atoms with Crippen LogP contribution in [-0.2, 0) is 0 Å². The van der Waals surface area contributed by atoms with E-state index in [1.807, 2.05) is 18.2 Å². The zero-order valence-corrected chi connectivity index (χ0v) is 13.3. The van der Waals surface area contributed by atoms with Crippen molar-refractivity contribution in [3.8, 4) is 11.5 Å². The Hall–Kier alpha value is -2.54. The molecule has 7 heteroatoms. The van der Waals surface area contributed by atoms with Crippen molar-refractivity contribution in [3.63, 3.8) is 0 Å². The second-order valence-corrected chi connectivity index (χ2v) is 6.16. The summed E-state index contributed by atoms with van der Waals surface area (Å²) in [5, 5.41) is 5.56. The van der Waals surface area contributed by atoms with Gasteiger partial charge in [0.25, 0.3) is 0 Å². The minimum Gasteiger partial charge on any atom is -0.410 e. The fourth-order valence-corrected chi connectivity index (χ4v) is 3.26. The van der Waals surface area contributed by atoms with E-state index < -0.39 is 24.3 Å². The Morgan fingerprint density at radius 1 is 0.826 bits per heavy atom. The number of para-hydroxylation sites is 1. The Kier molecular flexibility index (Phi) is 3.23. The molecule has 0 fully saturated rings. The van der Waals surface area contributed by atoms with Gasteiger partial charge in [-0.3, -0.25) is 0 Å². The van der Waals surface area contributed by atoms with E-state index in [0.29, 0.717) is 11.5 Å². The summed E-state index contributed by atoms with van der Waals surface area (Å²) in [6.45, 7) is 0. The first kappa shape index (κ1) is 14.1. The van der Waals surface area contributed by atoms with E-state index in [9.17, 15) is 9.59 Å². The molecule has 0 bridgehead atoms. The number of carbonyl (C=O) groups is 2. The van der Waals surface area contributed by atoms with Crippen molar-refractivity contribution in [2.24, 2.45) is 0 Å². The molecule has 0 aliphatic carbocycles. The number of fused-ring (bicyclic) bond motifs is 2. The van der Waals surface area contributed by atoms with E-state index in [-0.39, 0.29) is 0 Å². The summed E-state index contributed by atoms with van der Waals surface area (Å²) in [5.74, 6) is 0.957. The van der Waals surface area contributed by atoms with Gasteiger partial charge in [0.1, 0.15) is 11.5 Å². The molecule has 0 spiro atoms. The van der Waals surface area contributed by atoms with Crippen molar-refractivity contribution >= 4 is 28.1 Å². The molecule has 23 heavy (non-hydrogen) atoms. The van der Waals surface area contributed by atoms with Crippen LogP contribution < -0.4 is 20.1 Å². The Morgan fingerprint density at radius 3 is 2.17 bits per heavy atom. The van der Waals surface area contributed by atoms with E-state index in [2.05, 4.69) is 26.6 Å². The quantitative estimate of drug-likeness (QED) is 0.801. The molecule has 2 aliphatic heterocycles. The van der Waals surface area contributed by atoms with Crippen LogP contribution in [0.5, 0.6) is 11.5 Å². The van der Waals surface area contributed by atoms with Gasteiger partial charge in [0, 0.05) is 15.6 Å². The smallest absolute Gasteiger partial charge is 0.410 e. The fraction of sp³-hybridized carbons (Fsp3) is 0.125. The predicted molar refractivity (Wildman–Crippen MR) is 84.4 cm³/mol. The molecule has 2 aliphatic rings. The van der Waals surface area contributed by atoms with Crippen molar-refractivity contribution in [2.75, 3.05) is 0 Å². The zero-order chi connectivity index (χ0) is 16.0. The molecule has 2 atom stereocenters. The molecule has 0 unspecified atom stereocenters. The molecule has 4 rings (SSSR count). The van der Waals surface area contributed by atoms with Gasteiger partial charge in [-0.2, -0.15) is 0 Å². The van der Waals surface area contributed by atoms with Gasteiger partial charge in [0.05, 0.1) is 12.1 Å². The second-order valence-electron chi connectivity index (χ2n) is 5.24. The zero-order valence-electron chi connectivity index (χ0n) is 11.7. The van der Waals surface area contributed by atoms with Crippen LogP contribution in [-0.4, -0.2) is 12.2 Å². The highest BCUT2D eigenvalue weighted by Crippen LogP contribution is 2.42. The minimum atomic E-state index is -0.553. The van der Waals surface area contributed by atoms with Gasteiger partial charge in [0.2, 0.25) is 0 Å². The van der Waals surface area contributed by atoms with Crippen LogP contribution in [0.3, 0.4) is 0 Å². The molecule has 2 amide bonds. The molecule has 0 radical (unpaired) electrons. The molecule has 6 nitrogen and oxygen atoms in total. The molecule has 0 aromatic heterocycles. The van der Waals surface area contributed by atoms with Gasteiger partial charge in [0.15, 0.2) is 0 Å². The molecular weight excluding hydrogens is 364 g/mol. The van der Waals surface area contributed by atoms with E-state index >= 15 is 0 Å². The average Bonchev–Trinajstić information content (AvgIpc) is 2.53. The summed E-state index contributed by atoms with van der Waals surface area (Å²) in [4.78, 5) is 23.7. The molecule has 0 saturated carbocycles. The first-order valence-corrected chi connectivity index (χ1v) is 7.76. The highest BCUT2D eigenvalue weighted by molar-refractivity contribution is 9.10. The second kappa shape index (κ2) is 5.27. The minimum absolute atomic E-state index is 0.451. The van der Waals surface area contributed by atoms with Crippen LogP contribution in [0.15, 0.2) is 46.9 Å². The summed E-state index contributed by atoms with van der Waals surface area (Å²) in [5.41, 5.74) is 1.58. The molecular formula is C16H11BrN2O4. The third-order valence-corrected chi connectivity index (χ3v) is 4.34.